The van der Waals surface area contributed by atoms with Crippen molar-refractivity contribution in [3.63, 3.8) is 0 Å². The molecule has 1 aromatic carbocycles. The van der Waals surface area contributed by atoms with E-state index in [4.69, 9.17) is 10.4 Å². The molecule has 0 aromatic heterocycles. The van der Waals surface area contributed by atoms with Crippen molar-refractivity contribution in [2.45, 2.75) is 32.4 Å². The fourth-order valence-electron chi connectivity index (χ4n) is 1.62. The van der Waals surface area contributed by atoms with Gasteiger partial charge >= 0.3 is 5.97 Å². The number of nitriles is 1. The van der Waals surface area contributed by atoms with Crippen LogP contribution in [0.5, 0.6) is 0 Å². The Morgan fingerprint density at radius 1 is 1.53 bits per heavy atom. The highest BCUT2D eigenvalue weighted by Crippen LogP contribution is 2.07. The van der Waals surface area contributed by atoms with Gasteiger partial charge < -0.3 is 10.4 Å². The summed E-state index contributed by atoms with van der Waals surface area (Å²) < 4.78 is 0. The van der Waals surface area contributed by atoms with Crippen LogP contribution in [0.2, 0.25) is 0 Å². The Balaban J connectivity index is 2.79. The van der Waals surface area contributed by atoms with Crippen LogP contribution >= 0.6 is 0 Å². The molecule has 90 valence electrons. The molecule has 0 saturated carbocycles. The van der Waals surface area contributed by atoms with Crippen LogP contribution in [0.15, 0.2) is 24.3 Å². The number of carboxylic acids is 1. The molecule has 0 unspecified atom stereocenters. The maximum atomic E-state index is 11.1. The summed E-state index contributed by atoms with van der Waals surface area (Å²) in [5.41, 5.74) is 1.40. The summed E-state index contributed by atoms with van der Waals surface area (Å²) in [5.74, 6) is -0.874. The third-order valence-electron chi connectivity index (χ3n) is 2.33. The summed E-state index contributed by atoms with van der Waals surface area (Å²) in [6.07, 6.45) is 0.378. The van der Waals surface area contributed by atoms with Crippen LogP contribution < -0.4 is 5.32 Å². The molecule has 0 aliphatic rings. The van der Waals surface area contributed by atoms with E-state index in [0.717, 1.165) is 5.56 Å². The zero-order valence-electron chi connectivity index (χ0n) is 9.97. The monoisotopic (exact) mass is 232 g/mol. The van der Waals surface area contributed by atoms with E-state index in [-0.39, 0.29) is 6.04 Å². The van der Waals surface area contributed by atoms with Gasteiger partial charge in [-0.1, -0.05) is 26.0 Å². The molecule has 0 heterocycles. The van der Waals surface area contributed by atoms with Crippen molar-refractivity contribution in [1.29, 1.82) is 5.26 Å². The second-order valence-corrected chi connectivity index (χ2v) is 4.23. The third-order valence-corrected chi connectivity index (χ3v) is 2.33. The number of benzene rings is 1. The Morgan fingerprint density at radius 3 is 2.76 bits per heavy atom. The number of nitrogens with one attached hydrogen (secondary N) is 1. The molecule has 4 nitrogen and oxygen atoms in total. The van der Waals surface area contributed by atoms with Gasteiger partial charge in [-0.2, -0.15) is 5.26 Å². The van der Waals surface area contributed by atoms with Gasteiger partial charge in [0.15, 0.2) is 0 Å². The first kappa shape index (κ1) is 13.2. The average Bonchev–Trinajstić information content (AvgIpc) is 2.27. The van der Waals surface area contributed by atoms with Crippen LogP contribution in [0.4, 0.5) is 0 Å². The van der Waals surface area contributed by atoms with Gasteiger partial charge in [-0.05, 0) is 24.1 Å². The minimum absolute atomic E-state index is 0.107. The summed E-state index contributed by atoms with van der Waals surface area (Å²) in [4.78, 5) is 11.1. The minimum Gasteiger partial charge on any atom is -0.480 e. The van der Waals surface area contributed by atoms with Gasteiger partial charge in [0.05, 0.1) is 11.6 Å². The first-order valence-corrected chi connectivity index (χ1v) is 5.51. The van der Waals surface area contributed by atoms with Gasteiger partial charge in [0.25, 0.3) is 0 Å². The largest absolute Gasteiger partial charge is 0.480 e. The van der Waals surface area contributed by atoms with Gasteiger partial charge in [-0.25, -0.2) is 0 Å². The highest BCUT2D eigenvalue weighted by molar-refractivity contribution is 5.74. The molecule has 0 fully saturated rings. The Hall–Kier alpha value is -1.86. The second-order valence-electron chi connectivity index (χ2n) is 4.23. The Kier molecular flexibility index (Phi) is 4.68. The van der Waals surface area contributed by atoms with E-state index in [9.17, 15) is 4.79 Å². The van der Waals surface area contributed by atoms with Crippen molar-refractivity contribution in [3.05, 3.63) is 35.4 Å². The van der Waals surface area contributed by atoms with Crippen LogP contribution in [0, 0.1) is 11.3 Å². The van der Waals surface area contributed by atoms with Crippen LogP contribution in [0.1, 0.15) is 25.0 Å². The Labute approximate surface area is 101 Å². The highest BCUT2D eigenvalue weighted by Gasteiger charge is 2.18. The highest BCUT2D eigenvalue weighted by atomic mass is 16.4. The lowest BCUT2D eigenvalue weighted by Crippen LogP contribution is -2.42. The molecule has 0 saturated heterocycles. The maximum absolute atomic E-state index is 11.1. The number of carbonyl (C=O) groups is 1. The Morgan fingerprint density at radius 2 is 2.24 bits per heavy atom. The topological polar surface area (TPSA) is 73.1 Å². The average molecular weight is 232 g/mol. The van der Waals surface area contributed by atoms with E-state index >= 15 is 0 Å². The maximum Gasteiger partial charge on any atom is 0.321 e. The molecule has 0 spiro atoms. The molecular formula is C13H16N2O2. The van der Waals surface area contributed by atoms with Gasteiger partial charge in [0, 0.05) is 6.04 Å². The van der Waals surface area contributed by atoms with Crippen LogP contribution in [0.25, 0.3) is 0 Å². The number of aliphatic carboxylic acids is 1. The van der Waals surface area contributed by atoms with Crippen LogP contribution in [-0.2, 0) is 11.2 Å². The SMILES string of the molecule is CC(C)N[C@@H](Cc1cccc(C#N)c1)C(=O)O. The van der Waals surface area contributed by atoms with E-state index in [1.54, 1.807) is 18.2 Å². The number of nitrogens with zero attached hydrogens (tertiary/aromatic N) is 1. The molecular weight excluding hydrogens is 216 g/mol. The van der Waals surface area contributed by atoms with E-state index in [1.807, 2.05) is 26.0 Å². The van der Waals surface area contributed by atoms with Crippen molar-refractivity contribution in [2.24, 2.45) is 0 Å². The molecule has 17 heavy (non-hydrogen) atoms. The summed E-state index contributed by atoms with van der Waals surface area (Å²) >= 11 is 0. The first-order chi connectivity index (χ1) is 8.02. The molecule has 2 N–H and O–H groups in total. The van der Waals surface area contributed by atoms with E-state index in [0.29, 0.717) is 12.0 Å². The molecule has 0 radical (unpaired) electrons. The lowest BCUT2D eigenvalue weighted by atomic mass is 10.0. The number of carboxylic acid groups (broad SMARTS) is 1. The van der Waals surface area contributed by atoms with Gasteiger partial charge in [-0.3, -0.25) is 4.79 Å². The smallest absolute Gasteiger partial charge is 0.321 e. The van der Waals surface area contributed by atoms with Crippen LogP contribution in [0.3, 0.4) is 0 Å². The van der Waals surface area contributed by atoms with Crippen LogP contribution in [-0.4, -0.2) is 23.2 Å². The molecule has 0 aliphatic carbocycles. The summed E-state index contributed by atoms with van der Waals surface area (Å²) in [5, 5.41) is 20.8. The van der Waals surface area contributed by atoms with E-state index < -0.39 is 12.0 Å². The zero-order valence-corrected chi connectivity index (χ0v) is 9.97. The summed E-state index contributed by atoms with van der Waals surface area (Å²) in [6.45, 7) is 3.81. The lowest BCUT2D eigenvalue weighted by molar-refractivity contribution is -0.139. The molecule has 0 amide bonds. The number of hydrogen-bond donors (Lipinski definition) is 2. The number of hydrogen-bond acceptors (Lipinski definition) is 3. The van der Waals surface area contributed by atoms with E-state index in [2.05, 4.69) is 5.32 Å². The van der Waals surface area contributed by atoms with Crippen molar-refractivity contribution >= 4 is 5.97 Å². The standard InChI is InChI=1S/C13H16N2O2/c1-9(2)15-12(13(16)17)7-10-4-3-5-11(6-10)8-14/h3-6,9,12,15H,7H2,1-2H3,(H,16,17)/t12-/m0/s1. The number of rotatable bonds is 5. The molecule has 0 aliphatic heterocycles. The van der Waals surface area contributed by atoms with Crippen molar-refractivity contribution < 1.29 is 9.90 Å². The van der Waals surface area contributed by atoms with Crippen molar-refractivity contribution in [1.82, 2.24) is 5.32 Å². The molecule has 1 atom stereocenters. The fourth-order valence-corrected chi connectivity index (χ4v) is 1.62. The normalized spacial score (nSPS) is 12.1. The minimum atomic E-state index is -0.874. The fraction of sp³-hybridized carbons (Fsp3) is 0.385. The zero-order chi connectivity index (χ0) is 12.8. The quantitative estimate of drug-likeness (QED) is 0.807. The van der Waals surface area contributed by atoms with Gasteiger partial charge in [0.1, 0.15) is 6.04 Å². The molecule has 1 rings (SSSR count). The summed E-state index contributed by atoms with van der Waals surface area (Å²) in [6, 6.07) is 8.55. The lowest BCUT2D eigenvalue weighted by Gasteiger charge is -2.17. The second kappa shape index (κ2) is 6.02. The Bertz CT molecular complexity index is 435. The predicted molar refractivity (Wildman–Crippen MR) is 64.6 cm³/mol. The van der Waals surface area contributed by atoms with Crippen molar-refractivity contribution in [2.75, 3.05) is 0 Å². The van der Waals surface area contributed by atoms with Gasteiger partial charge in [0.2, 0.25) is 0 Å². The van der Waals surface area contributed by atoms with E-state index in [1.165, 1.54) is 0 Å². The third kappa shape index (κ3) is 4.25. The first-order valence-electron chi connectivity index (χ1n) is 5.51. The van der Waals surface area contributed by atoms with Crippen molar-refractivity contribution in [3.8, 4) is 6.07 Å². The molecule has 0 bridgehead atoms. The van der Waals surface area contributed by atoms with Gasteiger partial charge in [-0.15, -0.1) is 0 Å². The molecule has 1 aromatic rings. The molecule has 4 heteroatoms. The predicted octanol–water partition coefficient (Wildman–Crippen LogP) is 1.55. The summed E-state index contributed by atoms with van der Waals surface area (Å²) in [7, 11) is 0.